The molecule has 0 spiro atoms. The average molecular weight is 445 g/mol. The van der Waals surface area contributed by atoms with Gasteiger partial charge in [0.05, 0.1) is 32.6 Å². The predicted molar refractivity (Wildman–Crippen MR) is 113 cm³/mol. The summed E-state index contributed by atoms with van der Waals surface area (Å²) in [6.07, 6.45) is 0. The van der Waals surface area contributed by atoms with Crippen LogP contribution in [0.3, 0.4) is 0 Å². The van der Waals surface area contributed by atoms with Crippen LogP contribution in [-0.4, -0.2) is 55.5 Å². The molecule has 0 bridgehead atoms. The smallest absolute Gasteiger partial charge is 0.475 e. The van der Waals surface area contributed by atoms with Gasteiger partial charge in [-0.1, -0.05) is 30.3 Å². The zero-order valence-corrected chi connectivity index (χ0v) is 18.3. The third kappa shape index (κ3) is 2.71. The van der Waals surface area contributed by atoms with E-state index in [2.05, 4.69) is 0 Å². The number of ether oxygens (including phenoxy) is 1. The minimum absolute atomic E-state index is 0.124. The molecule has 0 saturated heterocycles. The molecule has 0 aliphatic carbocycles. The first-order valence-electron chi connectivity index (χ1n) is 9.34. The van der Waals surface area contributed by atoms with Gasteiger partial charge in [0.2, 0.25) is 5.88 Å². The van der Waals surface area contributed by atoms with Crippen molar-refractivity contribution in [2.75, 3.05) is 33.3 Å². The summed E-state index contributed by atoms with van der Waals surface area (Å²) >= 11 is 0. The van der Waals surface area contributed by atoms with Crippen molar-refractivity contribution in [3.05, 3.63) is 71.7 Å². The van der Waals surface area contributed by atoms with Crippen LogP contribution in [0.15, 0.2) is 66.2 Å². The van der Waals surface area contributed by atoms with E-state index in [0.29, 0.717) is 5.69 Å². The van der Waals surface area contributed by atoms with Crippen LogP contribution in [0.4, 0.5) is 5.69 Å². The Morgan fingerprint density at radius 2 is 1.52 bits per heavy atom. The number of aliphatic hydroxyl groups is 1. The Morgan fingerprint density at radius 3 is 2.13 bits per heavy atom. The van der Waals surface area contributed by atoms with Crippen molar-refractivity contribution >= 4 is 25.4 Å². The lowest BCUT2D eigenvalue weighted by Gasteiger charge is -2.34. The van der Waals surface area contributed by atoms with Crippen LogP contribution in [0.2, 0.25) is 0 Å². The largest absolute Gasteiger partial charge is 0.493 e. The van der Waals surface area contributed by atoms with Crippen LogP contribution >= 0.6 is 7.94 Å². The number of aliphatic hydroxyl groups excluding tert-OH is 1. The number of para-hydroxylation sites is 2. The predicted octanol–water partition coefficient (Wildman–Crippen LogP) is 3.32. The number of rotatable bonds is 5. The second-order valence-corrected chi connectivity index (χ2v) is 9.52. The maximum absolute atomic E-state index is 14.1. The van der Waals surface area contributed by atoms with Gasteiger partial charge in [-0.15, -0.1) is 0 Å². The van der Waals surface area contributed by atoms with E-state index >= 15 is 0 Å². The second kappa shape index (κ2) is 7.62. The SMILES string of the molecule is CO[P+](OC)(OC)C12Oc3ccccc3C(=O)N(C)C1=C(O)N(c1ccccc1)C2=O. The minimum atomic E-state index is -3.66. The Bertz CT molecular complexity index is 1060. The zero-order valence-electron chi connectivity index (χ0n) is 17.4. The van der Waals surface area contributed by atoms with E-state index in [1.54, 1.807) is 54.6 Å². The van der Waals surface area contributed by atoms with E-state index in [-0.39, 0.29) is 17.0 Å². The van der Waals surface area contributed by atoms with E-state index in [0.717, 1.165) is 4.90 Å². The lowest BCUT2D eigenvalue weighted by atomic mass is 10.2. The van der Waals surface area contributed by atoms with Gasteiger partial charge in [-0.25, -0.2) is 4.90 Å². The highest BCUT2D eigenvalue weighted by Crippen LogP contribution is 2.75. The third-order valence-electron chi connectivity index (χ3n) is 5.37. The number of benzene rings is 2. The molecule has 2 aromatic carbocycles. The molecule has 0 saturated carbocycles. The van der Waals surface area contributed by atoms with Crippen LogP contribution < -0.4 is 9.64 Å². The molecule has 2 aliphatic rings. The summed E-state index contributed by atoms with van der Waals surface area (Å²) in [7, 11) is 1.76. The van der Waals surface area contributed by atoms with Gasteiger partial charge in [0, 0.05) is 7.05 Å². The molecule has 2 aromatic rings. The molecule has 10 heteroatoms. The normalized spacial score (nSPS) is 21.0. The zero-order chi connectivity index (χ0) is 22.4. The quantitative estimate of drug-likeness (QED) is 0.705. The minimum Gasteiger partial charge on any atom is -0.493 e. The van der Waals surface area contributed by atoms with Crippen molar-refractivity contribution in [3.8, 4) is 5.75 Å². The van der Waals surface area contributed by atoms with Gasteiger partial charge in [-0.3, -0.25) is 9.59 Å². The Kier molecular flexibility index (Phi) is 5.23. The van der Waals surface area contributed by atoms with Crippen LogP contribution in [0.25, 0.3) is 0 Å². The monoisotopic (exact) mass is 445 g/mol. The van der Waals surface area contributed by atoms with Crippen LogP contribution in [0.5, 0.6) is 5.75 Å². The second-order valence-electron chi connectivity index (χ2n) is 6.80. The Hall–Kier alpha value is -2.97. The van der Waals surface area contributed by atoms with Crippen molar-refractivity contribution in [1.82, 2.24) is 4.90 Å². The molecule has 0 aromatic heterocycles. The standard InChI is InChI=1S/C21H21N2O7P/c1-22-17-19(25)23(14-10-6-5-7-11-14)20(26)21(17,31(27-2,28-3)29-4)30-16-13-9-8-12-15(16)18(22)24/h5-13H,1-4H3/p+1. The first-order chi connectivity index (χ1) is 14.9. The number of hydrogen-bond donors (Lipinski definition) is 1. The fourth-order valence-electron chi connectivity index (χ4n) is 3.98. The van der Waals surface area contributed by atoms with Gasteiger partial charge in [0.25, 0.3) is 5.91 Å². The Balaban J connectivity index is 2.08. The number of likely N-dealkylation sites (N-methyl/N-ethyl adjacent to an activating group) is 1. The van der Waals surface area contributed by atoms with Gasteiger partial charge < -0.3 is 14.7 Å². The molecule has 2 heterocycles. The maximum Gasteiger partial charge on any atom is 0.475 e. The fourth-order valence-corrected chi connectivity index (χ4v) is 6.25. The van der Waals surface area contributed by atoms with E-state index in [1.165, 1.54) is 33.3 Å². The molecule has 1 N–H and O–H groups in total. The van der Waals surface area contributed by atoms with Gasteiger partial charge >= 0.3 is 19.2 Å². The fraction of sp³-hybridized carbons (Fsp3) is 0.238. The summed E-state index contributed by atoms with van der Waals surface area (Å²) < 4.78 is 23.2. The molecule has 1 unspecified atom stereocenters. The number of fused-ring (bicyclic) bond motifs is 2. The van der Waals surface area contributed by atoms with E-state index in [9.17, 15) is 14.7 Å². The molecule has 2 aliphatic heterocycles. The highest BCUT2D eigenvalue weighted by atomic mass is 31.2. The van der Waals surface area contributed by atoms with E-state index in [4.69, 9.17) is 18.3 Å². The van der Waals surface area contributed by atoms with E-state index in [1.807, 2.05) is 0 Å². The Labute approximate surface area is 180 Å². The highest BCUT2D eigenvalue weighted by Gasteiger charge is 2.82. The molecule has 162 valence electrons. The third-order valence-corrected chi connectivity index (χ3v) is 8.08. The molecule has 2 amide bonds. The number of carbonyl (C=O) groups is 2. The van der Waals surface area contributed by atoms with Crippen molar-refractivity contribution in [3.63, 3.8) is 0 Å². The summed E-state index contributed by atoms with van der Waals surface area (Å²) in [5.41, 5.74) is 0.477. The topological polar surface area (TPSA) is 97.8 Å². The van der Waals surface area contributed by atoms with Gasteiger partial charge in [0.15, 0.2) is 5.70 Å². The van der Waals surface area contributed by atoms with E-state index < -0.39 is 31.0 Å². The van der Waals surface area contributed by atoms with Crippen LogP contribution in [-0.2, 0) is 18.4 Å². The molecular weight excluding hydrogens is 423 g/mol. The number of amides is 2. The summed E-state index contributed by atoms with van der Waals surface area (Å²) in [5.74, 6) is -1.51. The van der Waals surface area contributed by atoms with Gasteiger partial charge in [0.1, 0.15) is 5.75 Å². The lowest BCUT2D eigenvalue weighted by molar-refractivity contribution is -0.126. The first-order valence-corrected chi connectivity index (χ1v) is 10.9. The molecule has 1 atom stereocenters. The molecule has 31 heavy (non-hydrogen) atoms. The highest BCUT2D eigenvalue weighted by molar-refractivity contribution is 7.64. The first kappa shape index (κ1) is 21.3. The number of anilines is 1. The van der Waals surface area contributed by atoms with Crippen molar-refractivity contribution < 1.29 is 33.0 Å². The van der Waals surface area contributed by atoms with Crippen molar-refractivity contribution in [1.29, 1.82) is 0 Å². The summed E-state index contributed by atoms with van der Waals surface area (Å²) in [6.45, 7) is 0. The number of nitrogens with zero attached hydrogens (tertiary/aromatic N) is 2. The molecule has 9 nitrogen and oxygen atoms in total. The molecule has 4 rings (SSSR count). The number of hydrogen-bond acceptors (Lipinski definition) is 7. The van der Waals surface area contributed by atoms with Crippen molar-refractivity contribution in [2.45, 2.75) is 5.34 Å². The molecule has 0 fully saturated rings. The summed E-state index contributed by atoms with van der Waals surface area (Å²) in [6, 6.07) is 15.0. The molecule has 0 radical (unpaired) electrons. The van der Waals surface area contributed by atoms with Crippen LogP contribution in [0.1, 0.15) is 10.4 Å². The average Bonchev–Trinajstić information content (AvgIpc) is 2.95. The van der Waals surface area contributed by atoms with Crippen molar-refractivity contribution in [2.24, 2.45) is 0 Å². The lowest BCUT2D eigenvalue weighted by Crippen LogP contribution is -2.52. The Morgan fingerprint density at radius 1 is 0.935 bits per heavy atom. The van der Waals surface area contributed by atoms with Crippen LogP contribution in [0, 0.1) is 0 Å². The summed E-state index contributed by atoms with van der Waals surface area (Å²) in [4.78, 5) is 29.6. The number of carbonyl (C=O) groups excluding carboxylic acids is 2. The maximum atomic E-state index is 14.1. The van der Waals surface area contributed by atoms with Gasteiger partial charge in [-0.2, -0.15) is 13.6 Å². The van der Waals surface area contributed by atoms with Gasteiger partial charge in [-0.05, 0) is 24.3 Å². The summed E-state index contributed by atoms with van der Waals surface area (Å²) in [5, 5.41) is 9.18. The molecular formula is C21H22N2O7P+.